The number of hydrogen-bond donors (Lipinski definition) is 0. The molecule has 0 saturated carbocycles. The Labute approximate surface area is 264 Å². The molecule has 235 valence electrons. The van der Waals surface area contributed by atoms with Crippen LogP contribution in [0.2, 0.25) is 0 Å². The molecule has 2 aliphatic rings. The van der Waals surface area contributed by atoms with E-state index in [0.29, 0.717) is 25.4 Å². The van der Waals surface area contributed by atoms with Crippen molar-refractivity contribution < 1.29 is 37.5 Å². The Morgan fingerprint density at radius 1 is 0.650 bits per heavy atom. The summed E-state index contributed by atoms with van der Waals surface area (Å²) in [7, 11) is 0. The first-order valence-corrected chi connectivity index (χ1v) is 12.5. The molecule has 0 bridgehead atoms. The molecule has 0 amide bonds. The molecule has 2 aromatic rings. The van der Waals surface area contributed by atoms with Crippen LogP contribution in [0.4, 0.5) is 0 Å². The Hall–Kier alpha value is -1.98. The summed E-state index contributed by atoms with van der Waals surface area (Å²) in [5.41, 5.74) is 0. The molecule has 2 unspecified atom stereocenters. The van der Waals surface area contributed by atoms with Crippen LogP contribution in [0.3, 0.4) is 0 Å². The van der Waals surface area contributed by atoms with Crippen molar-refractivity contribution in [1.29, 1.82) is 0 Å². The zero-order valence-corrected chi connectivity index (χ0v) is 26.2. The average molecular weight is 602 g/mol. The van der Waals surface area contributed by atoms with Crippen molar-refractivity contribution in [1.82, 2.24) is 0 Å². The van der Waals surface area contributed by atoms with Crippen LogP contribution in [0.5, 0.6) is 11.5 Å². The zero-order chi connectivity index (χ0) is 25.9. The van der Waals surface area contributed by atoms with E-state index in [9.17, 15) is 0 Å². The molecule has 4 rings (SSSR count). The summed E-state index contributed by atoms with van der Waals surface area (Å²) in [4.78, 5) is 0. The van der Waals surface area contributed by atoms with E-state index in [1.165, 1.54) is 0 Å². The van der Waals surface area contributed by atoms with Gasteiger partial charge in [-0.2, -0.15) is 0 Å². The van der Waals surface area contributed by atoms with Gasteiger partial charge in [0.2, 0.25) is 0 Å². The van der Waals surface area contributed by atoms with Crippen LogP contribution >= 0.6 is 0 Å². The van der Waals surface area contributed by atoms with E-state index >= 15 is 0 Å². The van der Waals surface area contributed by atoms with Gasteiger partial charge < -0.3 is 33.8 Å². The third-order valence-electron chi connectivity index (χ3n) is 3.74. The molecule has 2 heterocycles. The third kappa shape index (κ3) is 43.1. The van der Waals surface area contributed by atoms with E-state index in [0.717, 1.165) is 37.6 Å². The Morgan fingerprint density at radius 2 is 0.875 bits per heavy atom. The molecular weight excluding hydrogens is 535 g/mol. The van der Waals surface area contributed by atoms with E-state index in [-0.39, 0.29) is 55.7 Å². The minimum atomic E-state index is 0. The Balaban J connectivity index is -0.0000000558. The zero-order valence-electron chi connectivity index (χ0n) is 24.8. The maximum atomic E-state index is 5.40. The van der Waals surface area contributed by atoms with Crippen LogP contribution in [0, 0.1) is 14.9 Å². The van der Waals surface area contributed by atoms with Crippen molar-refractivity contribution in [2.24, 2.45) is 0 Å². The average Bonchev–Trinajstić information content (AvgIpc) is 3.86. The fourth-order valence-corrected chi connectivity index (χ4v) is 1.74. The Kier molecular flexibility index (Phi) is 67.7. The number of ether oxygens (including phenoxy) is 4. The van der Waals surface area contributed by atoms with Gasteiger partial charge in [0.1, 0.15) is 36.9 Å². The molecule has 0 spiro atoms. The fraction of sp³-hybridized carbons (Fsp3) is 0.486. The quantitative estimate of drug-likeness (QED) is 0.171. The second-order valence-electron chi connectivity index (χ2n) is 6.55. The summed E-state index contributed by atoms with van der Waals surface area (Å²) in [6, 6.07) is 19.6. The number of para-hydroxylation sites is 2. The first-order chi connectivity index (χ1) is 16.7. The maximum Gasteiger partial charge on any atom is 2.00 e. The van der Waals surface area contributed by atoms with Crippen LogP contribution in [0.25, 0.3) is 0 Å². The van der Waals surface area contributed by atoms with Crippen molar-refractivity contribution in [3.05, 3.63) is 101 Å². The summed E-state index contributed by atoms with van der Waals surface area (Å²) in [5.74, 6) is 1.84. The molecule has 2 atom stereocenters. The number of rotatable bonds is 8. The molecule has 0 aliphatic carbocycles. The van der Waals surface area contributed by atoms with Crippen LogP contribution in [-0.4, -0.2) is 38.6 Å². The molecule has 2 saturated heterocycles. The van der Waals surface area contributed by atoms with Crippen LogP contribution in [0.15, 0.2) is 86.0 Å². The Morgan fingerprint density at radius 3 is 1.05 bits per heavy atom. The van der Waals surface area contributed by atoms with Crippen LogP contribution in [0.1, 0.15) is 76.7 Å². The summed E-state index contributed by atoms with van der Waals surface area (Å²) < 4.78 is 20.8. The molecule has 0 aromatic heterocycles. The first-order valence-electron chi connectivity index (χ1n) is 12.5. The maximum absolute atomic E-state index is 5.40. The normalized spacial score (nSPS) is 13.2. The number of epoxide rings is 2. The second-order valence-corrected chi connectivity index (χ2v) is 6.55. The summed E-state index contributed by atoms with van der Waals surface area (Å²) in [5, 5.41) is 0. The molecule has 2 fully saturated rings. The topological polar surface area (TPSA) is 43.5 Å². The predicted molar refractivity (Wildman–Crippen MR) is 180 cm³/mol. The number of allylic oxidation sites excluding steroid dienone is 2. The molecule has 5 heteroatoms. The molecule has 2 aliphatic heterocycles. The van der Waals surface area contributed by atoms with Crippen molar-refractivity contribution in [2.75, 3.05) is 26.4 Å². The summed E-state index contributed by atoms with van der Waals surface area (Å²) in [6.07, 6.45) is 6.60. The smallest absolute Gasteiger partial charge is 0.491 e. The van der Waals surface area contributed by atoms with Crippen LogP contribution < -0.4 is 9.47 Å². The molecule has 1 radical (unpaired) electrons. The van der Waals surface area contributed by atoms with E-state index in [1.54, 1.807) is 0 Å². The van der Waals surface area contributed by atoms with Gasteiger partial charge in [-0.15, -0.1) is 13.2 Å². The number of hydrogen-bond acceptors (Lipinski definition) is 4. The summed E-state index contributed by atoms with van der Waals surface area (Å²) >= 11 is 0. The predicted octanol–water partition coefficient (Wildman–Crippen LogP) is 11.0. The van der Waals surface area contributed by atoms with Gasteiger partial charge in [-0.1, -0.05) is 112 Å². The van der Waals surface area contributed by atoms with Crippen LogP contribution in [-0.2, 0) is 28.0 Å². The van der Waals surface area contributed by atoms with E-state index < -0.39 is 0 Å². The monoisotopic (exact) mass is 601 g/mol. The van der Waals surface area contributed by atoms with Gasteiger partial charge in [0.05, 0.1) is 13.2 Å². The third-order valence-corrected chi connectivity index (χ3v) is 3.74. The Bertz CT molecular complexity index is 598. The SMILES string of the molecule is C.C.C.C=CCC.C=CCC.CC.CC.[CH3-].[CH3-].[V+2].c1ccc(OCC2CO2)cc1.c1ccc(OCC2CO2)cc1. The van der Waals surface area contributed by atoms with E-state index in [1.807, 2.05) is 101 Å². The fourth-order valence-electron chi connectivity index (χ4n) is 1.74. The minimum absolute atomic E-state index is 0. The minimum Gasteiger partial charge on any atom is -0.491 e. The van der Waals surface area contributed by atoms with Gasteiger partial charge in [-0.05, 0) is 37.1 Å². The molecule has 4 nitrogen and oxygen atoms in total. The van der Waals surface area contributed by atoms with Gasteiger partial charge in [-0.25, -0.2) is 0 Å². The second kappa shape index (κ2) is 46.9. The molecular formula is C35H66O4V. The van der Waals surface area contributed by atoms with Crippen molar-refractivity contribution >= 4 is 0 Å². The van der Waals surface area contributed by atoms with Gasteiger partial charge >= 0.3 is 18.6 Å². The van der Waals surface area contributed by atoms with Crippen molar-refractivity contribution in [3.63, 3.8) is 0 Å². The van der Waals surface area contributed by atoms with Gasteiger partial charge in [0.25, 0.3) is 0 Å². The van der Waals surface area contributed by atoms with Gasteiger partial charge in [-0.3, -0.25) is 0 Å². The van der Waals surface area contributed by atoms with E-state index in [2.05, 4.69) is 27.0 Å². The van der Waals surface area contributed by atoms with Crippen molar-refractivity contribution in [3.8, 4) is 11.5 Å². The standard InChI is InChI=1S/2C9H10O2.2C4H8.2C2H6.3CH4.2CH3.V/c2*1-2-4-8(5-3-1)10-6-9-7-11-9;2*1-3-4-2;2*1-2;;;;;;/h2*1-5,9H,6-7H2;2*3H,1,4H2,2H3;2*1-2H3;3*1H4;2*1H3;/q;;;;;;;;;2*-1;+2. The largest absolute Gasteiger partial charge is 2.00 e. The van der Waals surface area contributed by atoms with E-state index in [4.69, 9.17) is 18.9 Å². The van der Waals surface area contributed by atoms with Gasteiger partial charge in [0, 0.05) is 0 Å². The first kappa shape index (κ1) is 57.8. The molecule has 0 N–H and O–H groups in total. The summed E-state index contributed by atoms with van der Waals surface area (Å²) in [6.45, 7) is 22.2. The number of benzene rings is 2. The van der Waals surface area contributed by atoms with Gasteiger partial charge in [0.15, 0.2) is 0 Å². The molecule has 2 aromatic carbocycles. The van der Waals surface area contributed by atoms with Crippen molar-refractivity contribution in [2.45, 2.75) is 88.9 Å². The molecule has 40 heavy (non-hydrogen) atoms.